The molecule has 4 aromatic rings. The molecule has 4 aromatic carbocycles. The molecule has 1 saturated heterocycles. The first-order valence-corrected chi connectivity index (χ1v) is 14.0. The molecule has 206 valence electrons. The lowest BCUT2D eigenvalue weighted by atomic mass is 9.76. The quantitative estimate of drug-likeness (QED) is 0.247. The Morgan fingerprint density at radius 3 is 2.20 bits per heavy atom. The van der Waals surface area contributed by atoms with E-state index in [-0.39, 0.29) is 24.1 Å². The van der Waals surface area contributed by atoms with E-state index in [0.717, 1.165) is 30.9 Å². The summed E-state index contributed by atoms with van der Waals surface area (Å²) in [4.78, 5) is 0. The van der Waals surface area contributed by atoms with Gasteiger partial charge in [0.25, 0.3) is 0 Å². The van der Waals surface area contributed by atoms with Crippen LogP contribution in [0.3, 0.4) is 0 Å². The van der Waals surface area contributed by atoms with E-state index in [0.29, 0.717) is 17.8 Å². The van der Waals surface area contributed by atoms with Gasteiger partial charge in [0.2, 0.25) is 0 Å². The Bertz CT molecular complexity index is 1400. The minimum absolute atomic E-state index is 0.0282. The maximum absolute atomic E-state index is 13.7. The number of rotatable bonds is 7. The first-order chi connectivity index (χ1) is 19.5. The number of nitrogens with one attached hydrogen (secondary N) is 2. The Morgan fingerprint density at radius 1 is 0.825 bits per heavy atom. The van der Waals surface area contributed by atoms with E-state index in [1.165, 1.54) is 17.2 Å². The van der Waals surface area contributed by atoms with Crippen molar-refractivity contribution in [2.45, 2.75) is 49.7 Å². The van der Waals surface area contributed by atoms with Crippen LogP contribution in [0.4, 0.5) is 18.9 Å². The Morgan fingerprint density at radius 2 is 1.50 bits per heavy atom. The predicted molar refractivity (Wildman–Crippen MR) is 152 cm³/mol. The smallest absolute Gasteiger partial charge is 0.378 e. The summed E-state index contributed by atoms with van der Waals surface area (Å²) < 4.78 is 47.7. The number of halogens is 3. The number of hydrogen-bond donors (Lipinski definition) is 2. The van der Waals surface area contributed by atoms with E-state index in [9.17, 15) is 13.2 Å². The minimum Gasteiger partial charge on any atom is -0.378 e. The van der Waals surface area contributed by atoms with Crippen molar-refractivity contribution in [2.75, 3.05) is 11.9 Å². The Balaban J connectivity index is 1.25. The van der Waals surface area contributed by atoms with Crippen molar-refractivity contribution in [1.82, 2.24) is 5.32 Å². The normalized spacial score (nSPS) is 23.0. The predicted octanol–water partition coefficient (Wildman–Crippen LogP) is 8.28. The van der Waals surface area contributed by atoms with Crippen LogP contribution in [0.15, 0.2) is 109 Å². The van der Waals surface area contributed by atoms with Gasteiger partial charge in [-0.15, -0.1) is 0 Å². The van der Waals surface area contributed by atoms with Gasteiger partial charge < -0.3 is 15.4 Å². The van der Waals surface area contributed by atoms with Crippen LogP contribution in [0, 0.1) is 5.92 Å². The Hall–Kier alpha value is -3.61. The summed E-state index contributed by atoms with van der Waals surface area (Å²) in [5, 5.41) is 7.27. The van der Waals surface area contributed by atoms with Gasteiger partial charge in [-0.3, -0.25) is 0 Å². The molecule has 0 spiro atoms. The van der Waals surface area contributed by atoms with Gasteiger partial charge in [-0.1, -0.05) is 91.0 Å². The van der Waals surface area contributed by atoms with E-state index >= 15 is 0 Å². The molecule has 1 unspecified atom stereocenters. The van der Waals surface area contributed by atoms with Crippen LogP contribution in [-0.2, 0) is 17.3 Å². The van der Waals surface area contributed by atoms with Gasteiger partial charge in [0, 0.05) is 29.8 Å². The molecule has 2 aliphatic rings. The molecule has 0 aliphatic carbocycles. The Labute approximate surface area is 233 Å². The van der Waals surface area contributed by atoms with Crippen molar-refractivity contribution in [2.24, 2.45) is 5.92 Å². The third kappa shape index (κ3) is 5.79. The number of fused-ring (bicyclic) bond motifs is 3. The molecule has 0 radical (unpaired) electrons. The molecule has 2 aliphatic heterocycles. The van der Waals surface area contributed by atoms with Crippen LogP contribution >= 0.6 is 0 Å². The van der Waals surface area contributed by atoms with Crippen LogP contribution in [0.1, 0.15) is 58.8 Å². The SMILES string of the molecule is FC(F)(F)c1ccc2c(c1)[C@H]1O[C@@H](CNC(Cc3ccccc3)c3ccccc3)CC[C@H]1[C@H](c1ccccc1)N2. The summed E-state index contributed by atoms with van der Waals surface area (Å²) in [5.74, 6) is 0.0314. The van der Waals surface area contributed by atoms with Crippen molar-refractivity contribution in [3.63, 3.8) is 0 Å². The summed E-state index contributed by atoms with van der Waals surface area (Å²) in [6.45, 7) is 0.618. The summed E-state index contributed by atoms with van der Waals surface area (Å²) in [6, 6.07) is 34.9. The molecule has 0 saturated carbocycles. The summed E-state index contributed by atoms with van der Waals surface area (Å²) in [6.07, 6.45) is -2.42. The van der Waals surface area contributed by atoms with Gasteiger partial charge in [-0.05, 0) is 54.2 Å². The number of hydrogen-bond acceptors (Lipinski definition) is 3. The number of benzene rings is 4. The average molecular weight is 543 g/mol. The highest BCUT2D eigenvalue weighted by Gasteiger charge is 2.43. The van der Waals surface area contributed by atoms with Crippen LogP contribution in [-0.4, -0.2) is 12.6 Å². The van der Waals surface area contributed by atoms with Crippen molar-refractivity contribution >= 4 is 5.69 Å². The molecule has 0 amide bonds. The topological polar surface area (TPSA) is 33.3 Å². The van der Waals surface area contributed by atoms with Crippen molar-refractivity contribution < 1.29 is 17.9 Å². The fourth-order valence-electron chi connectivity index (χ4n) is 6.19. The molecule has 6 rings (SSSR count). The summed E-state index contributed by atoms with van der Waals surface area (Å²) in [7, 11) is 0. The molecular weight excluding hydrogens is 509 g/mol. The van der Waals surface area contributed by atoms with Crippen molar-refractivity contribution in [3.05, 3.63) is 137 Å². The number of anilines is 1. The number of ether oxygens (including phenoxy) is 1. The molecule has 2 N–H and O–H groups in total. The highest BCUT2D eigenvalue weighted by Crippen LogP contribution is 2.51. The van der Waals surface area contributed by atoms with E-state index in [1.54, 1.807) is 6.07 Å². The molecule has 0 aromatic heterocycles. The molecule has 40 heavy (non-hydrogen) atoms. The molecule has 2 heterocycles. The van der Waals surface area contributed by atoms with Gasteiger partial charge in [0.15, 0.2) is 0 Å². The second kappa shape index (κ2) is 11.5. The second-order valence-corrected chi connectivity index (χ2v) is 10.8. The minimum atomic E-state index is -4.41. The first-order valence-electron chi connectivity index (χ1n) is 14.0. The number of alkyl halides is 3. The molecule has 5 atom stereocenters. The molecule has 3 nitrogen and oxygen atoms in total. The van der Waals surface area contributed by atoms with Gasteiger partial charge in [0.05, 0.1) is 23.8 Å². The summed E-state index contributed by atoms with van der Waals surface area (Å²) in [5.41, 5.74) is 4.23. The van der Waals surface area contributed by atoms with Crippen molar-refractivity contribution in [3.8, 4) is 0 Å². The molecule has 0 bridgehead atoms. The van der Waals surface area contributed by atoms with Crippen LogP contribution in [0.25, 0.3) is 0 Å². The summed E-state index contributed by atoms with van der Waals surface area (Å²) >= 11 is 0. The molecular formula is C34H33F3N2O. The van der Waals surface area contributed by atoms with Gasteiger partial charge in [-0.25, -0.2) is 0 Å². The Kier molecular flexibility index (Phi) is 7.63. The lowest BCUT2D eigenvalue weighted by Crippen LogP contribution is -2.42. The third-order valence-corrected chi connectivity index (χ3v) is 8.21. The zero-order valence-corrected chi connectivity index (χ0v) is 22.1. The van der Waals surface area contributed by atoms with Gasteiger partial charge >= 0.3 is 6.18 Å². The van der Waals surface area contributed by atoms with Crippen LogP contribution in [0.2, 0.25) is 0 Å². The van der Waals surface area contributed by atoms with Crippen molar-refractivity contribution in [1.29, 1.82) is 0 Å². The van der Waals surface area contributed by atoms with E-state index in [4.69, 9.17) is 4.74 Å². The standard InChI is InChI=1S/C34H33F3N2O/c35-34(36,37)26-16-19-30-29(21-26)33-28(32(39-30)25-14-8-3-9-15-25)18-17-27(40-33)22-38-31(24-12-6-2-7-13-24)20-23-10-4-1-5-11-23/h1-16,19,21,27-28,31-33,38-39H,17-18,20,22H2/t27-,28+,31?,32+,33+/m1/s1. The maximum atomic E-state index is 13.7. The van der Waals surface area contributed by atoms with Crippen LogP contribution in [0.5, 0.6) is 0 Å². The van der Waals surface area contributed by atoms with Gasteiger partial charge in [-0.2, -0.15) is 13.2 Å². The fraction of sp³-hybridized carbons (Fsp3) is 0.294. The van der Waals surface area contributed by atoms with E-state index < -0.39 is 17.8 Å². The maximum Gasteiger partial charge on any atom is 0.416 e. The lowest BCUT2D eigenvalue weighted by Gasteiger charge is -2.46. The monoisotopic (exact) mass is 542 g/mol. The fourth-order valence-corrected chi connectivity index (χ4v) is 6.19. The highest BCUT2D eigenvalue weighted by molar-refractivity contribution is 5.58. The zero-order chi connectivity index (χ0) is 27.5. The van der Waals surface area contributed by atoms with Gasteiger partial charge in [0.1, 0.15) is 0 Å². The van der Waals surface area contributed by atoms with Crippen LogP contribution < -0.4 is 10.6 Å². The highest BCUT2D eigenvalue weighted by atomic mass is 19.4. The van der Waals surface area contributed by atoms with E-state index in [2.05, 4.69) is 59.2 Å². The lowest BCUT2D eigenvalue weighted by molar-refractivity contribution is -0.138. The zero-order valence-electron chi connectivity index (χ0n) is 22.1. The second-order valence-electron chi connectivity index (χ2n) is 10.8. The third-order valence-electron chi connectivity index (χ3n) is 8.21. The largest absolute Gasteiger partial charge is 0.416 e. The molecule has 6 heteroatoms. The first kappa shape index (κ1) is 26.6. The average Bonchev–Trinajstić information content (AvgIpc) is 2.99. The molecule has 1 fully saturated rings. The van der Waals surface area contributed by atoms with E-state index in [1.807, 2.05) is 42.5 Å².